The van der Waals surface area contributed by atoms with Crippen LogP contribution in [0.4, 0.5) is 26.2 Å². The van der Waals surface area contributed by atoms with Gasteiger partial charge in [0.05, 0.1) is 13.1 Å². The van der Waals surface area contributed by atoms with E-state index < -0.39 is 11.6 Å². The van der Waals surface area contributed by atoms with Gasteiger partial charge in [-0.2, -0.15) is 4.98 Å². The van der Waals surface area contributed by atoms with Crippen molar-refractivity contribution >= 4 is 23.2 Å². The number of benzene rings is 2. The molecule has 1 aliphatic rings. The molecule has 2 aromatic carbocycles. The summed E-state index contributed by atoms with van der Waals surface area (Å²) < 4.78 is 32.0. The Morgan fingerprint density at radius 1 is 1.17 bits per heavy atom. The first kappa shape index (κ1) is 19.8. The number of hydrogen-bond donors (Lipinski definition) is 1. The fraction of sp³-hybridized carbons (Fsp3) is 0.227. The van der Waals surface area contributed by atoms with E-state index in [4.69, 9.17) is 4.74 Å². The van der Waals surface area contributed by atoms with Crippen LogP contribution in [0.3, 0.4) is 0 Å². The number of carbonyl (C=O) groups excluding carboxylic acids is 1. The van der Waals surface area contributed by atoms with Crippen LogP contribution in [0, 0.1) is 11.6 Å². The molecule has 0 atom stereocenters. The Morgan fingerprint density at radius 2 is 2.00 bits per heavy atom. The summed E-state index contributed by atoms with van der Waals surface area (Å²) >= 11 is 0. The van der Waals surface area contributed by atoms with Crippen LogP contribution < -0.4 is 15.0 Å². The largest absolute Gasteiger partial charge is 0.487 e. The normalized spacial score (nSPS) is 13.6. The highest BCUT2D eigenvalue weighted by molar-refractivity contribution is 5.96. The van der Waals surface area contributed by atoms with Crippen LogP contribution in [0.2, 0.25) is 0 Å². The smallest absolute Gasteiger partial charge is 0.229 e. The maximum atomic E-state index is 13.3. The lowest BCUT2D eigenvalue weighted by Crippen LogP contribution is -2.54. The molecule has 1 aliphatic heterocycles. The molecule has 0 spiro atoms. The van der Waals surface area contributed by atoms with E-state index in [1.807, 2.05) is 24.0 Å². The van der Waals surface area contributed by atoms with Gasteiger partial charge >= 0.3 is 0 Å². The summed E-state index contributed by atoms with van der Waals surface area (Å²) in [6.45, 7) is 2.96. The Kier molecular flexibility index (Phi) is 5.56. The monoisotopic (exact) mass is 410 g/mol. The van der Waals surface area contributed by atoms with Gasteiger partial charge < -0.3 is 15.0 Å². The van der Waals surface area contributed by atoms with Gasteiger partial charge in [-0.05, 0) is 30.3 Å². The second-order valence-electron chi connectivity index (χ2n) is 6.94. The third-order valence-corrected chi connectivity index (χ3v) is 4.77. The Morgan fingerprint density at radius 3 is 2.77 bits per heavy atom. The minimum Gasteiger partial charge on any atom is -0.487 e. The number of anilines is 3. The zero-order chi connectivity index (χ0) is 21.1. The summed E-state index contributed by atoms with van der Waals surface area (Å²) in [5.74, 6) is -0.328. The Hall–Kier alpha value is -3.55. The fourth-order valence-electron chi connectivity index (χ4n) is 3.13. The molecule has 1 saturated heterocycles. The lowest BCUT2D eigenvalue weighted by atomic mass is 10.1. The van der Waals surface area contributed by atoms with Gasteiger partial charge in [0.25, 0.3) is 0 Å². The first-order chi connectivity index (χ1) is 14.5. The molecule has 154 valence electrons. The highest BCUT2D eigenvalue weighted by Crippen LogP contribution is 2.25. The summed E-state index contributed by atoms with van der Waals surface area (Å²) in [7, 11) is 0. The fourth-order valence-corrected chi connectivity index (χ4v) is 3.13. The van der Waals surface area contributed by atoms with Crippen LogP contribution in [0.5, 0.6) is 5.75 Å². The number of nitrogens with zero attached hydrogens (tertiary/aromatic N) is 3. The number of ether oxygens (including phenoxy) is 1. The van der Waals surface area contributed by atoms with Crippen molar-refractivity contribution in [3.63, 3.8) is 0 Å². The maximum Gasteiger partial charge on any atom is 0.229 e. The summed E-state index contributed by atoms with van der Waals surface area (Å²) in [6, 6.07) is 12.5. The van der Waals surface area contributed by atoms with Crippen LogP contribution in [-0.4, -0.2) is 34.9 Å². The van der Waals surface area contributed by atoms with Crippen molar-refractivity contribution in [3.05, 3.63) is 71.9 Å². The molecule has 2 heterocycles. The summed E-state index contributed by atoms with van der Waals surface area (Å²) in [5.41, 5.74) is 1.37. The van der Waals surface area contributed by atoms with E-state index in [1.165, 1.54) is 6.07 Å². The second kappa shape index (κ2) is 8.44. The van der Waals surface area contributed by atoms with E-state index in [0.717, 1.165) is 23.6 Å². The van der Waals surface area contributed by atoms with Crippen molar-refractivity contribution in [3.8, 4) is 5.75 Å². The number of Topliss-reactive ketones (excluding diaryl/α,β-unsaturated/α-hetero) is 1. The Bertz CT molecular complexity index is 1070. The van der Waals surface area contributed by atoms with Crippen molar-refractivity contribution in [1.82, 2.24) is 9.97 Å². The van der Waals surface area contributed by atoms with Gasteiger partial charge in [-0.25, -0.2) is 13.8 Å². The minimum absolute atomic E-state index is 0.0703. The molecule has 3 aromatic rings. The van der Waals surface area contributed by atoms with E-state index in [1.54, 1.807) is 24.4 Å². The van der Waals surface area contributed by atoms with Crippen LogP contribution in [0.1, 0.15) is 23.7 Å². The molecule has 0 unspecified atom stereocenters. The van der Waals surface area contributed by atoms with Crippen LogP contribution >= 0.6 is 0 Å². The first-order valence-electron chi connectivity index (χ1n) is 9.62. The Balaban J connectivity index is 1.37. The van der Waals surface area contributed by atoms with E-state index in [2.05, 4.69) is 15.3 Å². The molecule has 1 N–H and O–H groups in total. The quantitative estimate of drug-likeness (QED) is 0.584. The van der Waals surface area contributed by atoms with Crippen molar-refractivity contribution in [2.45, 2.75) is 19.4 Å². The maximum absolute atomic E-state index is 13.3. The average Bonchev–Trinajstić information content (AvgIpc) is 2.72. The van der Waals surface area contributed by atoms with E-state index in [9.17, 15) is 13.6 Å². The van der Waals surface area contributed by atoms with E-state index in [0.29, 0.717) is 36.8 Å². The van der Waals surface area contributed by atoms with Gasteiger partial charge in [0.15, 0.2) is 17.4 Å². The zero-order valence-corrected chi connectivity index (χ0v) is 16.3. The number of hydrogen-bond acceptors (Lipinski definition) is 6. The van der Waals surface area contributed by atoms with Gasteiger partial charge in [-0.3, -0.25) is 4.79 Å². The first-order valence-corrected chi connectivity index (χ1v) is 9.62. The van der Waals surface area contributed by atoms with Crippen molar-refractivity contribution in [2.75, 3.05) is 23.3 Å². The summed E-state index contributed by atoms with van der Waals surface area (Å²) in [4.78, 5) is 22.6. The third kappa shape index (κ3) is 4.37. The topological polar surface area (TPSA) is 67.4 Å². The number of nitrogens with one attached hydrogen (secondary N) is 1. The highest BCUT2D eigenvalue weighted by atomic mass is 19.2. The molecule has 8 heteroatoms. The lowest BCUT2D eigenvalue weighted by molar-refractivity contribution is 0.0988. The number of halogens is 2. The highest BCUT2D eigenvalue weighted by Gasteiger charge is 2.30. The molecule has 4 rings (SSSR count). The van der Waals surface area contributed by atoms with Gasteiger partial charge in [-0.15, -0.1) is 0 Å². The molecular weight excluding hydrogens is 390 g/mol. The molecule has 1 aromatic heterocycles. The standard InChI is InChI=1S/C22H20F2N4O2/c1-2-20(29)14-4-3-5-15(10-14)26-22-25-9-8-21(27-22)28-12-17(13-28)30-16-6-7-18(23)19(24)11-16/h3-11,17H,2,12-13H2,1H3,(H,25,26,27). The molecule has 30 heavy (non-hydrogen) atoms. The predicted octanol–water partition coefficient (Wildman–Crippen LogP) is 4.36. The molecular formula is C22H20F2N4O2. The predicted molar refractivity (Wildman–Crippen MR) is 109 cm³/mol. The van der Waals surface area contributed by atoms with Crippen LogP contribution in [0.25, 0.3) is 0 Å². The average molecular weight is 410 g/mol. The molecule has 0 aliphatic carbocycles. The van der Waals surface area contributed by atoms with Crippen molar-refractivity contribution in [1.29, 1.82) is 0 Å². The van der Waals surface area contributed by atoms with Gasteiger partial charge in [0.2, 0.25) is 5.95 Å². The number of carbonyl (C=O) groups is 1. The number of ketones is 1. The van der Waals surface area contributed by atoms with Crippen LogP contribution in [0.15, 0.2) is 54.7 Å². The minimum atomic E-state index is -0.931. The zero-order valence-electron chi connectivity index (χ0n) is 16.3. The molecule has 0 radical (unpaired) electrons. The number of rotatable bonds is 7. The molecule has 6 nitrogen and oxygen atoms in total. The summed E-state index contributed by atoms with van der Waals surface area (Å²) in [6.07, 6.45) is 1.95. The third-order valence-electron chi connectivity index (χ3n) is 4.77. The van der Waals surface area contributed by atoms with Crippen LogP contribution in [-0.2, 0) is 0 Å². The molecule has 1 fully saturated rings. The molecule has 0 bridgehead atoms. The second-order valence-corrected chi connectivity index (χ2v) is 6.94. The van der Waals surface area contributed by atoms with E-state index in [-0.39, 0.29) is 11.9 Å². The molecule has 0 amide bonds. The van der Waals surface area contributed by atoms with Gasteiger partial charge in [0.1, 0.15) is 17.7 Å². The van der Waals surface area contributed by atoms with E-state index >= 15 is 0 Å². The number of aromatic nitrogens is 2. The van der Waals surface area contributed by atoms with Gasteiger partial charge in [0, 0.05) is 29.9 Å². The molecule has 0 saturated carbocycles. The lowest BCUT2D eigenvalue weighted by Gasteiger charge is -2.39. The van der Waals surface area contributed by atoms with Crippen molar-refractivity contribution in [2.24, 2.45) is 0 Å². The van der Waals surface area contributed by atoms with Gasteiger partial charge in [-0.1, -0.05) is 19.1 Å². The SMILES string of the molecule is CCC(=O)c1cccc(Nc2nccc(N3CC(Oc4ccc(F)c(F)c4)C3)n2)c1. The summed E-state index contributed by atoms with van der Waals surface area (Å²) in [5, 5.41) is 3.12. The Labute approximate surface area is 172 Å². The van der Waals surface area contributed by atoms with Crippen molar-refractivity contribution < 1.29 is 18.3 Å².